The lowest BCUT2D eigenvalue weighted by Gasteiger charge is -2.35. The second kappa shape index (κ2) is 5.77. The summed E-state index contributed by atoms with van der Waals surface area (Å²) in [5.41, 5.74) is 3.41. The van der Waals surface area contributed by atoms with Crippen LogP contribution in [0.4, 0.5) is 5.69 Å². The maximum absolute atomic E-state index is 5.79. The largest absolute Gasteiger partial charge is 0.373 e. The second-order valence-corrected chi connectivity index (χ2v) is 5.30. The molecule has 20 heavy (non-hydrogen) atoms. The fraction of sp³-hybridized carbons (Fsp3) is 0.438. The number of benzene rings is 1. The summed E-state index contributed by atoms with van der Waals surface area (Å²) in [5.74, 6) is 0. The summed E-state index contributed by atoms with van der Waals surface area (Å²) < 4.78 is 5.79. The first-order valence-corrected chi connectivity index (χ1v) is 7.15. The van der Waals surface area contributed by atoms with E-state index in [2.05, 4.69) is 46.4 Å². The van der Waals surface area contributed by atoms with Crippen LogP contribution in [-0.4, -0.2) is 44.4 Å². The van der Waals surface area contributed by atoms with Gasteiger partial charge < -0.3 is 15.0 Å². The molecule has 2 aromatic rings. The lowest BCUT2D eigenvalue weighted by Crippen LogP contribution is -2.46. The van der Waals surface area contributed by atoms with Crippen LogP contribution >= 0.6 is 0 Å². The number of pyridine rings is 1. The molecule has 2 heterocycles. The summed E-state index contributed by atoms with van der Waals surface area (Å²) in [6.07, 6.45) is 0.251. The van der Waals surface area contributed by atoms with Crippen LogP contribution in [0.5, 0.6) is 0 Å². The van der Waals surface area contributed by atoms with E-state index in [1.54, 1.807) is 0 Å². The minimum atomic E-state index is 0.251. The number of nitrogens with zero attached hydrogens (tertiary/aromatic N) is 2. The molecule has 1 N–H and O–H groups in total. The lowest BCUT2D eigenvalue weighted by atomic mass is 10.1. The molecule has 1 aromatic carbocycles. The molecule has 1 unspecified atom stereocenters. The van der Waals surface area contributed by atoms with Gasteiger partial charge in [0.15, 0.2) is 0 Å². The number of nitrogens with one attached hydrogen (secondary N) is 1. The second-order valence-electron chi connectivity index (χ2n) is 5.30. The van der Waals surface area contributed by atoms with E-state index in [4.69, 9.17) is 4.74 Å². The van der Waals surface area contributed by atoms with Gasteiger partial charge >= 0.3 is 0 Å². The zero-order chi connectivity index (χ0) is 13.9. The van der Waals surface area contributed by atoms with Gasteiger partial charge in [-0.25, -0.2) is 0 Å². The molecule has 1 fully saturated rings. The molecule has 1 aliphatic rings. The number of hydrogen-bond donors (Lipinski definition) is 1. The maximum Gasteiger partial charge on any atom is 0.0874 e. The van der Waals surface area contributed by atoms with E-state index >= 15 is 0 Å². The van der Waals surface area contributed by atoms with Crippen LogP contribution in [0.3, 0.4) is 0 Å². The van der Waals surface area contributed by atoms with Crippen LogP contribution in [0.25, 0.3) is 10.9 Å². The van der Waals surface area contributed by atoms with E-state index < -0.39 is 0 Å². The number of rotatable bonds is 3. The topological polar surface area (TPSA) is 37.4 Å². The summed E-state index contributed by atoms with van der Waals surface area (Å²) in [7, 11) is 1.97. The third kappa shape index (κ3) is 2.62. The van der Waals surface area contributed by atoms with E-state index in [9.17, 15) is 0 Å². The number of ether oxygens (including phenoxy) is 1. The van der Waals surface area contributed by atoms with Gasteiger partial charge in [0.25, 0.3) is 0 Å². The molecule has 3 rings (SSSR count). The van der Waals surface area contributed by atoms with Crippen LogP contribution in [0.2, 0.25) is 0 Å². The molecule has 0 aliphatic carbocycles. The zero-order valence-corrected chi connectivity index (χ0v) is 12.1. The van der Waals surface area contributed by atoms with E-state index in [1.165, 1.54) is 11.1 Å². The third-order valence-electron chi connectivity index (χ3n) is 3.73. The van der Waals surface area contributed by atoms with Crippen molar-refractivity contribution in [3.8, 4) is 0 Å². The highest BCUT2D eigenvalue weighted by atomic mass is 16.5. The Hall–Kier alpha value is -1.65. The molecular weight excluding hydrogens is 250 g/mol. The Kier molecular flexibility index (Phi) is 3.85. The smallest absolute Gasteiger partial charge is 0.0874 e. The molecule has 4 heteroatoms. The SMILES string of the molecule is CNCC1CN(c2cc(C)nc3ccccc23)CCO1. The number of fused-ring (bicyclic) bond motifs is 1. The average Bonchev–Trinajstić information content (AvgIpc) is 2.47. The highest BCUT2D eigenvalue weighted by Gasteiger charge is 2.21. The number of aryl methyl sites for hydroxylation is 1. The summed E-state index contributed by atoms with van der Waals surface area (Å²) >= 11 is 0. The molecule has 106 valence electrons. The first-order chi connectivity index (χ1) is 9.78. The van der Waals surface area contributed by atoms with Crippen LogP contribution in [0.15, 0.2) is 30.3 Å². The zero-order valence-electron chi connectivity index (χ0n) is 12.1. The van der Waals surface area contributed by atoms with Gasteiger partial charge in [-0.2, -0.15) is 0 Å². The molecule has 0 bridgehead atoms. The molecular formula is C16H21N3O. The van der Waals surface area contributed by atoms with Crippen molar-refractivity contribution in [3.05, 3.63) is 36.0 Å². The van der Waals surface area contributed by atoms with Crippen LogP contribution in [-0.2, 0) is 4.74 Å². The molecule has 1 aliphatic heterocycles. The van der Waals surface area contributed by atoms with Gasteiger partial charge in [0.2, 0.25) is 0 Å². The van der Waals surface area contributed by atoms with Gasteiger partial charge in [0.1, 0.15) is 0 Å². The molecule has 0 saturated carbocycles. The quantitative estimate of drug-likeness (QED) is 0.926. The first-order valence-electron chi connectivity index (χ1n) is 7.15. The van der Waals surface area contributed by atoms with Gasteiger partial charge in [-0.3, -0.25) is 4.98 Å². The molecule has 1 aromatic heterocycles. The molecule has 4 nitrogen and oxygen atoms in total. The highest BCUT2D eigenvalue weighted by molar-refractivity contribution is 5.92. The number of aromatic nitrogens is 1. The summed E-state index contributed by atoms with van der Waals surface area (Å²) in [4.78, 5) is 7.04. The van der Waals surface area contributed by atoms with E-state index in [0.29, 0.717) is 0 Å². The van der Waals surface area contributed by atoms with Crippen molar-refractivity contribution in [3.63, 3.8) is 0 Å². The fourth-order valence-electron chi connectivity index (χ4n) is 2.84. The molecule has 0 amide bonds. The molecule has 0 radical (unpaired) electrons. The molecule has 1 atom stereocenters. The number of morpholine rings is 1. The van der Waals surface area contributed by atoms with E-state index in [1.807, 2.05) is 13.1 Å². The van der Waals surface area contributed by atoms with Gasteiger partial charge in [-0.15, -0.1) is 0 Å². The number of anilines is 1. The lowest BCUT2D eigenvalue weighted by molar-refractivity contribution is 0.0422. The Bertz CT molecular complexity index is 597. The predicted octanol–water partition coefficient (Wildman–Crippen LogP) is 1.97. The number of hydrogen-bond acceptors (Lipinski definition) is 4. The minimum absolute atomic E-state index is 0.251. The molecule has 0 spiro atoms. The standard InChI is InChI=1S/C16H21N3O/c1-12-9-16(14-5-3-4-6-15(14)18-12)19-7-8-20-13(11-19)10-17-2/h3-6,9,13,17H,7-8,10-11H2,1-2H3. The van der Waals surface area contributed by atoms with Crippen molar-refractivity contribution in [2.45, 2.75) is 13.0 Å². The minimum Gasteiger partial charge on any atom is -0.373 e. The van der Waals surface area contributed by atoms with Crippen molar-refractivity contribution >= 4 is 16.6 Å². The monoisotopic (exact) mass is 271 g/mol. The predicted molar refractivity (Wildman–Crippen MR) is 82.4 cm³/mol. The first kappa shape index (κ1) is 13.3. The van der Waals surface area contributed by atoms with Crippen molar-refractivity contribution in [2.75, 3.05) is 38.2 Å². The fourth-order valence-corrected chi connectivity index (χ4v) is 2.84. The highest BCUT2D eigenvalue weighted by Crippen LogP contribution is 2.27. The maximum atomic E-state index is 5.79. The Morgan fingerprint density at radius 3 is 3.10 bits per heavy atom. The average molecular weight is 271 g/mol. The van der Waals surface area contributed by atoms with Gasteiger partial charge in [0.05, 0.1) is 18.2 Å². The summed E-state index contributed by atoms with van der Waals surface area (Å²) in [6, 6.07) is 10.5. The summed E-state index contributed by atoms with van der Waals surface area (Å²) in [6.45, 7) is 5.59. The van der Waals surface area contributed by atoms with Crippen molar-refractivity contribution in [1.29, 1.82) is 0 Å². The number of likely N-dealkylation sites (N-methyl/N-ethyl adjacent to an activating group) is 1. The van der Waals surface area contributed by atoms with Gasteiger partial charge in [-0.05, 0) is 26.1 Å². The van der Waals surface area contributed by atoms with Crippen LogP contribution < -0.4 is 10.2 Å². The van der Waals surface area contributed by atoms with E-state index in [0.717, 1.165) is 37.5 Å². The number of para-hydroxylation sites is 1. The summed E-state index contributed by atoms with van der Waals surface area (Å²) in [5, 5.41) is 4.42. The van der Waals surface area contributed by atoms with Crippen molar-refractivity contribution in [2.24, 2.45) is 0 Å². The molecule has 1 saturated heterocycles. The normalized spacial score (nSPS) is 19.5. The van der Waals surface area contributed by atoms with Crippen LogP contribution in [0.1, 0.15) is 5.69 Å². The Morgan fingerprint density at radius 1 is 1.40 bits per heavy atom. The van der Waals surface area contributed by atoms with Crippen LogP contribution in [0, 0.1) is 6.92 Å². The Morgan fingerprint density at radius 2 is 2.25 bits per heavy atom. The van der Waals surface area contributed by atoms with Gasteiger partial charge in [0, 0.05) is 36.4 Å². The van der Waals surface area contributed by atoms with Crippen molar-refractivity contribution < 1.29 is 4.74 Å². The Balaban J connectivity index is 1.96. The van der Waals surface area contributed by atoms with Gasteiger partial charge in [-0.1, -0.05) is 18.2 Å². The van der Waals surface area contributed by atoms with E-state index in [-0.39, 0.29) is 6.10 Å². The Labute approximate surface area is 119 Å². The third-order valence-corrected chi connectivity index (χ3v) is 3.73. The van der Waals surface area contributed by atoms with Crippen molar-refractivity contribution in [1.82, 2.24) is 10.3 Å².